The van der Waals surface area contributed by atoms with Crippen molar-refractivity contribution in [2.24, 2.45) is 0 Å². The highest BCUT2D eigenvalue weighted by Gasteiger charge is 2.31. The standard InChI is InChI=1S/C11H5Cl2F3N2/c12-8-3-6(11(14,15)16)1-2-7(8)9-4-10(13)18-5-17-9/h1-5H. The zero-order valence-electron chi connectivity index (χ0n) is 8.67. The Balaban J connectivity index is 2.48. The van der Waals surface area contributed by atoms with E-state index in [2.05, 4.69) is 9.97 Å². The molecule has 0 radical (unpaired) electrons. The fourth-order valence-corrected chi connectivity index (χ4v) is 1.80. The van der Waals surface area contributed by atoms with E-state index >= 15 is 0 Å². The van der Waals surface area contributed by atoms with Crippen LogP contribution in [0.1, 0.15) is 5.56 Å². The van der Waals surface area contributed by atoms with Crippen LogP contribution in [0.15, 0.2) is 30.6 Å². The quantitative estimate of drug-likeness (QED) is 0.725. The molecule has 0 saturated carbocycles. The Morgan fingerprint density at radius 3 is 2.28 bits per heavy atom. The maximum absolute atomic E-state index is 12.5. The number of rotatable bonds is 1. The van der Waals surface area contributed by atoms with Crippen molar-refractivity contribution in [1.29, 1.82) is 0 Å². The molecular weight excluding hydrogens is 288 g/mol. The molecule has 0 bridgehead atoms. The second-order valence-corrected chi connectivity index (χ2v) is 4.21. The fourth-order valence-electron chi connectivity index (χ4n) is 1.38. The highest BCUT2D eigenvalue weighted by atomic mass is 35.5. The van der Waals surface area contributed by atoms with E-state index in [1.807, 2.05) is 0 Å². The number of hydrogen-bond acceptors (Lipinski definition) is 2. The highest BCUT2D eigenvalue weighted by molar-refractivity contribution is 6.33. The van der Waals surface area contributed by atoms with Crippen LogP contribution in [-0.4, -0.2) is 9.97 Å². The number of benzene rings is 1. The first-order valence-corrected chi connectivity index (χ1v) is 5.48. The van der Waals surface area contributed by atoms with Gasteiger partial charge in [0.25, 0.3) is 0 Å². The normalized spacial score (nSPS) is 11.6. The second kappa shape index (κ2) is 4.74. The first-order chi connectivity index (χ1) is 8.38. The number of alkyl halides is 3. The molecule has 0 amide bonds. The summed E-state index contributed by atoms with van der Waals surface area (Å²) in [5, 5.41) is 0.149. The fraction of sp³-hybridized carbons (Fsp3) is 0.0909. The molecule has 0 spiro atoms. The Morgan fingerprint density at radius 2 is 1.72 bits per heavy atom. The van der Waals surface area contributed by atoms with Crippen LogP contribution in [0.4, 0.5) is 13.2 Å². The lowest BCUT2D eigenvalue weighted by molar-refractivity contribution is -0.137. The Hall–Kier alpha value is -1.33. The van der Waals surface area contributed by atoms with Gasteiger partial charge in [0.15, 0.2) is 0 Å². The minimum absolute atomic E-state index is 0.0420. The van der Waals surface area contributed by atoms with Gasteiger partial charge in [-0.3, -0.25) is 0 Å². The summed E-state index contributed by atoms with van der Waals surface area (Å²) >= 11 is 11.5. The first-order valence-electron chi connectivity index (χ1n) is 4.72. The van der Waals surface area contributed by atoms with E-state index in [1.54, 1.807) is 0 Å². The number of hydrogen-bond donors (Lipinski definition) is 0. The maximum atomic E-state index is 12.5. The number of aromatic nitrogens is 2. The van der Waals surface area contributed by atoms with Crippen molar-refractivity contribution in [2.45, 2.75) is 6.18 Å². The van der Waals surface area contributed by atoms with E-state index in [-0.39, 0.29) is 10.2 Å². The summed E-state index contributed by atoms with van der Waals surface area (Å²) in [6.07, 6.45) is -3.21. The van der Waals surface area contributed by atoms with Gasteiger partial charge in [-0.25, -0.2) is 9.97 Å². The third-order valence-electron chi connectivity index (χ3n) is 2.21. The molecule has 0 atom stereocenters. The van der Waals surface area contributed by atoms with E-state index in [0.29, 0.717) is 11.3 Å². The lowest BCUT2D eigenvalue weighted by atomic mass is 10.1. The predicted octanol–water partition coefficient (Wildman–Crippen LogP) is 4.47. The third-order valence-corrected chi connectivity index (χ3v) is 2.73. The average Bonchev–Trinajstić information content (AvgIpc) is 2.27. The molecule has 1 aromatic carbocycles. The molecule has 0 fully saturated rings. The maximum Gasteiger partial charge on any atom is 0.416 e. The van der Waals surface area contributed by atoms with Crippen LogP contribution in [0.25, 0.3) is 11.3 Å². The summed E-state index contributed by atoms with van der Waals surface area (Å²) < 4.78 is 37.4. The van der Waals surface area contributed by atoms with Crippen LogP contribution in [0.2, 0.25) is 10.2 Å². The molecule has 0 aliphatic carbocycles. The van der Waals surface area contributed by atoms with Crippen molar-refractivity contribution in [1.82, 2.24) is 9.97 Å². The molecule has 0 N–H and O–H groups in total. The van der Waals surface area contributed by atoms with E-state index in [0.717, 1.165) is 12.1 Å². The van der Waals surface area contributed by atoms with Gasteiger partial charge in [-0.15, -0.1) is 0 Å². The molecule has 94 valence electrons. The van der Waals surface area contributed by atoms with Gasteiger partial charge in [-0.05, 0) is 12.1 Å². The Labute approximate surface area is 110 Å². The average molecular weight is 293 g/mol. The van der Waals surface area contributed by atoms with Gasteiger partial charge in [0, 0.05) is 11.6 Å². The van der Waals surface area contributed by atoms with Crippen molar-refractivity contribution in [3.05, 3.63) is 46.3 Å². The molecule has 2 nitrogen and oxygen atoms in total. The second-order valence-electron chi connectivity index (χ2n) is 3.42. The molecule has 1 heterocycles. The van der Waals surface area contributed by atoms with Crippen LogP contribution in [0, 0.1) is 0 Å². The number of nitrogens with zero attached hydrogens (tertiary/aromatic N) is 2. The van der Waals surface area contributed by atoms with E-state index in [9.17, 15) is 13.2 Å². The molecule has 0 unspecified atom stereocenters. The molecule has 0 saturated heterocycles. The molecular formula is C11H5Cl2F3N2. The molecule has 18 heavy (non-hydrogen) atoms. The molecule has 0 aliphatic rings. The van der Waals surface area contributed by atoms with Gasteiger partial charge in [-0.2, -0.15) is 13.2 Å². The smallest absolute Gasteiger partial charge is 0.236 e. The zero-order valence-corrected chi connectivity index (χ0v) is 10.2. The molecule has 2 rings (SSSR count). The Kier molecular flexibility index (Phi) is 3.45. The van der Waals surface area contributed by atoms with Gasteiger partial charge < -0.3 is 0 Å². The summed E-state index contributed by atoms with van der Waals surface area (Å²) in [4.78, 5) is 7.58. The molecule has 2 aromatic rings. The summed E-state index contributed by atoms with van der Waals surface area (Å²) in [6.45, 7) is 0. The summed E-state index contributed by atoms with van der Waals surface area (Å²) in [7, 11) is 0. The lowest BCUT2D eigenvalue weighted by Gasteiger charge is -2.09. The van der Waals surface area contributed by atoms with Crippen molar-refractivity contribution < 1.29 is 13.2 Å². The van der Waals surface area contributed by atoms with Crippen molar-refractivity contribution in [3.8, 4) is 11.3 Å². The third kappa shape index (κ3) is 2.73. The van der Waals surface area contributed by atoms with Crippen LogP contribution < -0.4 is 0 Å². The minimum atomic E-state index is -4.43. The van der Waals surface area contributed by atoms with E-state index in [1.165, 1.54) is 18.5 Å². The van der Waals surface area contributed by atoms with Crippen LogP contribution in [-0.2, 0) is 6.18 Å². The SMILES string of the molecule is FC(F)(F)c1ccc(-c2cc(Cl)ncn2)c(Cl)c1. The van der Waals surface area contributed by atoms with Crippen LogP contribution in [0.3, 0.4) is 0 Å². The lowest BCUT2D eigenvalue weighted by Crippen LogP contribution is -2.04. The van der Waals surface area contributed by atoms with Crippen LogP contribution in [0.5, 0.6) is 0 Å². The van der Waals surface area contributed by atoms with Crippen molar-refractivity contribution >= 4 is 23.2 Å². The van der Waals surface area contributed by atoms with Gasteiger partial charge in [-0.1, -0.05) is 29.3 Å². The van der Waals surface area contributed by atoms with Gasteiger partial charge in [0.2, 0.25) is 0 Å². The highest BCUT2D eigenvalue weighted by Crippen LogP contribution is 2.35. The largest absolute Gasteiger partial charge is 0.416 e. The molecule has 0 aliphatic heterocycles. The first kappa shape index (κ1) is 13.1. The van der Waals surface area contributed by atoms with E-state index in [4.69, 9.17) is 23.2 Å². The van der Waals surface area contributed by atoms with E-state index < -0.39 is 11.7 Å². The minimum Gasteiger partial charge on any atom is -0.236 e. The van der Waals surface area contributed by atoms with Gasteiger partial charge in [0.1, 0.15) is 11.5 Å². The predicted molar refractivity (Wildman–Crippen MR) is 62.5 cm³/mol. The molecule has 7 heteroatoms. The Bertz CT molecular complexity index is 585. The van der Waals surface area contributed by atoms with Crippen molar-refractivity contribution in [2.75, 3.05) is 0 Å². The van der Waals surface area contributed by atoms with Gasteiger partial charge >= 0.3 is 6.18 Å². The zero-order chi connectivity index (χ0) is 13.3. The molecule has 1 aromatic heterocycles. The monoisotopic (exact) mass is 292 g/mol. The number of halogens is 5. The topological polar surface area (TPSA) is 25.8 Å². The Morgan fingerprint density at radius 1 is 1.00 bits per heavy atom. The summed E-state index contributed by atoms with van der Waals surface area (Å²) in [5.74, 6) is 0. The summed E-state index contributed by atoms with van der Waals surface area (Å²) in [6, 6.07) is 4.48. The summed E-state index contributed by atoms with van der Waals surface area (Å²) in [5.41, 5.74) is -0.0703. The van der Waals surface area contributed by atoms with Crippen molar-refractivity contribution in [3.63, 3.8) is 0 Å². The van der Waals surface area contributed by atoms with Gasteiger partial charge in [0.05, 0.1) is 16.3 Å². The van der Waals surface area contributed by atoms with Crippen LogP contribution >= 0.6 is 23.2 Å².